The van der Waals surface area contributed by atoms with E-state index in [-0.39, 0.29) is 11.0 Å². The standard InChI is InChI=1S/C18H20N4O2/c1-18(2,3)16-13(11-20-22-16)9-12(10-19)17(23)21-14-5-7-15(24-4)8-6-14/h5-9,11H,1-4H3,(H,20,22)(H,21,23)/b12-9+. The Morgan fingerprint density at radius 1 is 1.33 bits per heavy atom. The SMILES string of the molecule is COc1ccc(NC(=O)/C(C#N)=C/c2cn[nH]c2C(C)(C)C)cc1. The van der Waals surface area contributed by atoms with Crippen LogP contribution in [0.1, 0.15) is 32.0 Å². The van der Waals surface area contributed by atoms with Crippen LogP contribution < -0.4 is 10.1 Å². The number of aromatic nitrogens is 2. The average molecular weight is 324 g/mol. The lowest BCUT2D eigenvalue weighted by Crippen LogP contribution is -2.15. The van der Waals surface area contributed by atoms with E-state index < -0.39 is 5.91 Å². The van der Waals surface area contributed by atoms with Crippen LogP contribution in [0.4, 0.5) is 5.69 Å². The highest BCUT2D eigenvalue weighted by molar-refractivity contribution is 6.09. The van der Waals surface area contributed by atoms with Crippen LogP contribution in [0.15, 0.2) is 36.0 Å². The molecule has 0 saturated carbocycles. The fraction of sp³-hybridized carbons (Fsp3) is 0.278. The molecule has 1 aromatic carbocycles. The van der Waals surface area contributed by atoms with Crippen molar-refractivity contribution in [2.24, 2.45) is 0 Å². The third kappa shape index (κ3) is 4.02. The summed E-state index contributed by atoms with van der Waals surface area (Å²) in [4.78, 5) is 12.3. The van der Waals surface area contributed by atoms with Gasteiger partial charge < -0.3 is 10.1 Å². The van der Waals surface area contributed by atoms with Gasteiger partial charge in [0.05, 0.1) is 13.3 Å². The molecule has 2 rings (SSSR count). The molecule has 0 spiro atoms. The molecule has 0 fully saturated rings. The number of H-pyrrole nitrogens is 1. The number of nitrogens with zero attached hydrogens (tertiary/aromatic N) is 2. The highest BCUT2D eigenvalue weighted by Gasteiger charge is 2.20. The molecule has 0 aliphatic rings. The van der Waals surface area contributed by atoms with Gasteiger partial charge in [0.1, 0.15) is 17.4 Å². The zero-order valence-electron chi connectivity index (χ0n) is 14.2. The molecule has 0 atom stereocenters. The third-order valence-corrected chi connectivity index (χ3v) is 3.43. The van der Waals surface area contributed by atoms with Crippen molar-refractivity contribution < 1.29 is 9.53 Å². The summed E-state index contributed by atoms with van der Waals surface area (Å²) in [6.45, 7) is 6.09. The van der Waals surface area contributed by atoms with E-state index >= 15 is 0 Å². The topological polar surface area (TPSA) is 90.8 Å². The Hall–Kier alpha value is -3.07. The molecular formula is C18H20N4O2. The quantitative estimate of drug-likeness (QED) is 0.667. The number of hydrogen-bond donors (Lipinski definition) is 2. The van der Waals surface area contributed by atoms with Crippen LogP contribution in [0.5, 0.6) is 5.75 Å². The van der Waals surface area contributed by atoms with Gasteiger partial charge in [-0.2, -0.15) is 10.4 Å². The maximum atomic E-state index is 12.3. The Balaban J connectivity index is 2.23. The number of methoxy groups -OCH3 is 1. The summed E-state index contributed by atoms with van der Waals surface area (Å²) in [5, 5.41) is 19.0. The number of benzene rings is 1. The van der Waals surface area contributed by atoms with Gasteiger partial charge in [-0.3, -0.25) is 9.89 Å². The highest BCUT2D eigenvalue weighted by Crippen LogP contribution is 2.25. The maximum Gasteiger partial charge on any atom is 0.266 e. The van der Waals surface area contributed by atoms with Crippen LogP contribution in [0.3, 0.4) is 0 Å². The van der Waals surface area contributed by atoms with Crippen molar-refractivity contribution in [1.82, 2.24) is 10.2 Å². The largest absolute Gasteiger partial charge is 0.497 e. The fourth-order valence-corrected chi connectivity index (χ4v) is 2.18. The van der Waals surface area contributed by atoms with Crippen LogP contribution in [0.25, 0.3) is 6.08 Å². The Morgan fingerprint density at radius 2 is 2.00 bits per heavy atom. The van der Waals surface area contributed by atoms with E-state index in [1.807, 2.05) is 26.8 Å². The second-order valence-corrected chi connectivity index (χ2v) is 6.30. The summed E-state index contributed by atoms with van der Waals surface area (Å²) < 4.78 is 5.07. The summed E-state index contributed by atoms with van der Waals surface area (Å²) >= 11 is 0. The highest BCUT2D eigenvalue weighted by atomic mass is 16.5. The van der Waals surface area contributed by atoms with Gasteiger partial charge in [0.25, 0.3) is 5.91 Å². The number of rotatable bonds is 4. The van der Waals surface area contributed by atoms with E-state index in [0.717, 1.165) is 11.3 Å². The van der Waals surface area contributed by atoms with Gasteiger partial charge in [-0.15, -0.1) is 0 Å². The average Bonchev–Trinajstić information content (AvgIpc) is 3.01. The normalized spacial score (nSPS) is 11.7. The Bertz CT molecular complexity index is 790. The zero-order valence-corrected chi connectivity index (χ0v) is 14.2. The van der Waals surface area contributed by atoms with Gasteiger partial charge >= 0.3 is 0 Å². The van der Waals surface area contributed by atoms with E-state index in [9.17, 15) is 10.1 Å². The molecule has 6 nitrogen and oxygen atoms in total. The Labute approximate surface area is 141 Å². The molecule has 0 bridgehead atoms. The molecule has 1 heterocycles. The molecule has 0 aliphatic carbocycles. The Kier molecular flexibility index (Phi) is 5.05. The lowest BCUT2D eigenvalue weighted by Gasteiger charge is -2.17. The molecule has 0 aliphatic heterocycles. The Morgan fingerprint density at radius 3 is 2.54 bits per heavy atom. The summed E-state index contributed by atoms with van der Waals surface area (Å²) in [6.07, 6.45) is 3.15. The number of carbonyl (C=O) groups is 1. The second-order valence-electron chi connectivity index (χ2n) is 6.30. The van der Waals surface area contributed by atoms with E-state index in [1.54, 1.807) is 43.6 Å². The summed E-state index contributed by atoms with van der Waals surface area (Å²) in [7, 11) is 1.57. The van der Waals surface area contributed by atoms with Gasteiger partial charge in [0.2, 0.25) is 0 Å². The first-order chi connectivity index (χ1) is 11.3. The van der Waals surface area contributed by atoms with Crippen molar-refractivity contribution in [3.63, 3.8) is 0 Å². The molecular weight excluding hydrogens is 304 g/mol. The first-order valence-electron chi connectivity index (χ1n) is 7.46. The minimum Gasteiger partial charge on any atom is -0.497 e. The molecule has 0 radical (unpaired) electrons. The monoisotopic (exact) mass is 324 g/mol. The van der Waals surface area contributed by atoms with Crippen molar-refractivity contribution in [2.75, 3.05) is 12.4 Å². The first-order valence-corrected chi connectivity index (χ1v) is 7.46. The lowest BCUT2D eigenvalue weighted by atomic mass is 9.89. The molecule has 6 heteroatoms. The predicted octanol–water partition coefficient (Wildman–Crippen LogP) is 3.26. The summed E-state index contributed by atoms with van der Waals surface area (Å²) in [5.74, 6) is 0.223. The van der Waals surface area contributed by atoms with Gasteiger partial charge in [0, 0.05) is 22.4 Å². The van der Waals surface area contributed by atoms with Gasteiger partial charge in [-0.1, -0.05) is 20.8 Å². The number of amides is 1. The van der Waals surface area contributed by atoms with Crippen LogP contribution in [-0.4, -0.2) is 23.2 Å². The van der Waals surface area contributed by atoms with Crippen molar-refractivity contribution in [2.45, 2.75) is 26.2 Å². The number of hydrogen-bond acceptors (Lipinski definition) is 4. The molecule has 1 amide bonds. The van der Waals surface area contributed by atoms with E-state index in [4.69, 9.17) is 4.74 Å². The smallest absolute Gasteiger partial charge is 0.266 e. The molecule has 2 N–H and O–H groups in total. The first kappa shape index (κ1) is 17.3. The van der Waals surface area contributed by atoms with Crippen LogP contribution in [0, 0.1) is 11.3 Å². The number of nitrogens with one attached hydrogen (secondary N) is 2. The molecule has 2 aromatic rings. The van der Waals surface area contributed by atoms with E-state index in [2.05, 4.69) is 15.5 Å². The van der Waals surface area contributed by atoms with Crippen LogP contribution >= 0.6 is 0 Å². The van der Waals surface area contributed by atoms with Crippen molar-refractivity contribution >= 4 is 17.7 Å². The van der Waals surface area contributed by atoms with Gasteiger partial charge in [-0.25, -0.2) is 0 Å². The maximum absolute atomic E-state index is 12.3. The number of aromatic amines is 1. The minimum absolute atomic E-state index is 0.0118. The van der Waals surface area contributed by atoms with Crippen LogP contribution in [-0.2, 0) is 10.2 Å². The summed E-state index contributed by atoms with van der Waals surface area (Å²) in [5.41, 5.74) is 2.02. The van der Waals surface area contributed by atoms with Gasteiger partial charge in [-0.05, 0) is 30.3 Å². The zero-order chi connectivity index (χ0) is 17.7. The lowest BCUT2D eigenvalue weighted by molar-refractivity contribution is -0.112. The van der Waals surface area contributed by atoms with Crippen molar-refractivity contribution in [3.05, 3.63) is 47.3 Å². The minimum atomic E-state index is -0.469. The number of anilines is 1. The molecule has 124 valence electrons. The summed E-state index contributed by atoms with van der Waals surface area (Å²) in [6, 6.07) is 8.84. The predicted molar refractivity (Wildman–Crippen MR) is 92.5 cm³/mol. The van der Waals surface area contributed by atoms with Gasteiger partial charge in [0.15, 0.2) is 0 Å². The van der Waals surface area contributed by atoms with Crippen molar-refractivity contribution in [1.29, 1.82) is 5.26 Å². The van der Waals surface area contributed by atoms with E-state index in [0.29, 0.717) is 11.4 Å². The second kappa shape index (κ2) is 7.01. The van der Waals surface area contributed by atoms with Crippen molar-refractivity contribution in [3.8, 4) is 11.8 Å². The molecule has 0 saturated heterocycles. The van der Waals surface area contributed by atoms with E-state index in [1.165, 1.54) is 0 Å². The molecule has 0 unspecified atom stereocenters. The number of carbonyl (C=O) groups excluding carboxylic acids is 1. The number of ether oxygens (including phenoxy) is 1. The third-order valence-electron chi connectivity index (χ3n) is 3.43. The molecule has 24 heavy (non-hydrogen) atoms. The fourth-order valence-electron chi connectivity index (χ4n) is 2.18. The number of nitriles is 1. The van der Waals surface area contributed by atoms with Crippen LogP contribution in [0.2, 0.25) is 0 Å². The molecule has 1 aromatic heterocycles.